The number of hydrogen-bond acceptors (Lipinski definition) is 3. The molecule has 0 aliphatic heterocycles. The van der Waals surface area contributed by atoms with E-state index in [2.05, 4.69) is 61.5 Å². The van der Waals surface area contributed by atoms with E-state index in [0.29, 0.717) is 13.0 Å². The Morgan fingerprint density at radius 1 is 1.12 bits per heavy atom. The second-order valence-corrected chi connectivity index (χ2v) is 7.66. The summed E-state index contributed by atoms with van der Waals surface area (Å²) in [6.45, 7) is 7.29. The maximum atomic E-state index is 11.4. The normalized spacial score (nSPS) is 11.9. The number of benzene rings is 2. The third-order valence-electron chi connectivity index (χ3n) is 3.97. The van der Waals surface area contributed by atoms with E-state index in [1.165, 1.54) is 5.56 Å². The number of amides is 1. The Kier molecular flexibility index (Phi) is 8.13. The van der Waals surface area contributed by atoms with Crippen LogP contribution in [0.5, 0.6) is 5.75 Å². The summed E-state index contributed by atoms with van der Waals surface area (Å²) in [5.41, 5.74) is 3.15. The van der Waals surface area contributed by atoms with Crippen molar-refractivity contribution in [1.82, 2.24) is 5.32 Å². The standard InChI is InChI=1S/C20H24Br2N2O2/c1-4-19(25)24-16-8-6-15(7-9-16)13(3)23-12-14-10-17(21)20(26-5-2)18(22)11-14/h6-11,13,23H,4-5,12H2,1-3H3,(H,24,25). The van der Waals surface area contributed by atoms with Gasteiger partial charge in [0.1, 0.15) is 5.75 Å². The van der Waals surface area contributed by atoms with Crippen LogP contribution in [0, 0.1) is 0 Å². The first kappa shape index (κ1) is 20.9. The van der Waals surface area contributed by atoms with Gasteiger partial charge in [-0.15, -0.1) is 0 Å². The first-order chi connectivity index (χ1) is 12.4. The van der Waals surface area contributed by atoms with Gasteiger partial charge in [-0.1, -0.05) is 19.1 Å². The van der Waals surface area contributed by atoms with Crippen LogP contribution in [-0.4, -0.2) is 12.5 Å². The molecule has 0 aliphatic carbocycles. The molecule has 0 heterocycles. The SMILES string of the molecule is CCOc1c(Br)cc(CNC(C)c2ccc(NC(=O)CC)cc2)cc1Br. The van der Waals surface area contributed by atoms with Crippen molar-refractivity contribution in [2.24, 2.45) is 0 Å². The quantitative estimate of drug-likeness (QED) is 0.498. The third kappa shape index (κ3) is 5.83. The number of rotatable bonds is 8. The molecule has 0 aromatic heterocycles. The maximum Gasteiger partial charge on any atom is 0.224 e. The van der Waals surface area contributed by atoms with Crippen LogP contribution in [0.3, 0.4) is 0 Å². The van der Waals surface area contributed by atoms with Gasteiger partial charge in [0.25, 0.3) is 0 Å². The lowest BCUT2D eigenvalue weighted by Crippen LogP contribution is -2.18. The van der Waals surface area contributed by atoms with Gasteiger partial charge in [-0.3, -0.25) is 4.79 Å². The highest BCUT2D eigenvalue weighted by molar-refractivity contribution is 9.11. The molecule has 0 spiro atoms. The van der Waals surface area contributed by atoms with Crippen LogP contribution in [0.1, 0.15) is 44.4 Å². The van der Waals surface area contributed by atoms with E-state index in [-0.39, 0.29) is 11.9 Å². The maximum absolute atomic E-state index is 11.4. The topological polar surface area (TPSA) is 50.4 Å². The predicted octanol–water partition coefficient (Wildman–Crippen LogP) is 5.81. The number of carbonyl (C=O) groups excluding carboxylic acids is 1. The number of hydrogen-bond donors (Lipinski definition) is 2. The van der Waals surface area contributed by atoms with Crippen molar-refractivity contribution in [1.29, 1.82) is 0 Å². The van der Waals surface area contributed by atoms with E-state index in [0.717, 1.165) is 32.5 Å². The van der Waals surface area contributed by atoms with Crippen molar-refractivity contribution < 1.29 is 9.53 Å². The molecule has 1 unspecified atom stereocenters. The minimum absolute atomic E-state index is 0.0237. The summed E-state index contributed by atoms with van der Waals surface area (Å²) in [5.74, 6) is 0.851. The second kappa shape index (κ2) is 10.1. The van der Waals surface area contributed by atoms with Crippen LogP contribution in [0.25, 0.3) is 0 Å². The highest BCUT2D eigenvalue weighted by Crippen LogP contribution is 2.35. The van der Waals surface area contributed by atoms with Gasteiger partial charge in [-0.2, -0.15) is 0 Å². The molecule has 0 saturated carbocycles. The van der Waals surface area contributed by atoms with Crippen molar-refractivity contribution >= 4 is 43.5 Å². The minimum Gasteiger partial charge on any atom is -0.492 e. The monoisotopic (exact) mass is 482 g/mol. The van der Waals surface area contributed by atoms with Gasteiger partial charge < -0.3 is 15.4 Å². The van der Waals surface area contributed by atoms with Crippen LogP contribution in [0.2, 0.25) is 0 Å². The summed E-state index contributed by atoms with van der Waals surface area (Å²) in [4.78, 5) is 11.4. The summed E-state index contributed by atoms with van der Waals surface area (Å²) in [5, 5.41) is 6.38. The Balaban J connectivity index is 1.98. The molecule has 0 aliphatic rings. The lowest BCUT2D eigenvalue weighted by Gasteiger charge is -2.16. The van der Waals surface area contributed by atoms with Gasteiger partial charge in [-0.05, 0) is 81.1 Å². The van der Waals surface area contributed by atoms with Crippen molar-refractivity contribution in [3.05, 3.63) is 56.5 Å². The second-order valence-electron chi connectivity index (χ2n) is 5.95. The first-order valence-electron chi connectivity index (χ1n) is 8.68. The number of anilines is 1. The zero-order valence-electron chi connectivity index (χ0n) is 15.2. The van der Waals surface area contributed by atoms with Crippen molar-refractivity contribution in [3.63, 3.8) is 0 Å². The molecule has 2 aromatic rings. The van der Waals surface area contributed by atoms with E-state index in [4.69, 9.17) is 4.74 Å². The van der Waals surface area contributed by atoms with Crippen molar-refractivity contribution in [3.8, 4) is 5.75 Å². The molecule has 6 heteroatoms. The summed E-state index contributed by atoms with van der Waals surface area (Å²) in [6, 6.07) is 12.3. The van der Waals surface area contributed by atoms with Gasteiger partial charge in [-0.25, -0.2) is 0 Å². The molecule has 0 saturated heterocycles. The third-order valence-corrected chi connectivity index (χ3v) is 5.15. The fraction of sp³-hybridized carbons (Fsp3) is 0.350. The highest BCUT2D eigenvalue weighted by Gasteiger charge is 2.10. The fourth-order valence-corrected chi connectivity index (χ4v) is 4.00. The number of nitrogens with one attached hydrogen (secondary N) is 2. The lowest BCUT2D eigenvalue weighted by atomic mass is 10.1. The average Bonchev–Trinajstić information content (AvgIpc) is 2.63. The molecule has 0 radical (unpaired) electrons. The average molecular weight is 484 g/mol. The molecule has 4 nitrogen and oxygen atoms in total. The Bertz CT molecular complexity index is 725. The van der Waals surface area contributed by atoms with E-state index >= 15 is 0 Å². The molecular formula is C20H24Br2N2O2. The van der Waals surface area contributed by atoms with Crippen LogP contribution in [-0.2, 0) is 11.3 Å². The van der Waals surface area contributed by atoms with Crippen LogP contribution in [0.15, 0.2) is 45.3 Å². The Morgan fingerprint density at radius 3 is 2.27 bits per heavy atom. The summed E-state index contributed by atoms with van der Waals surface area (Å²) >= 11 is 7.13. The zero-order chi connectivity index (χ0) is 19.1. The van der Waals surface area contributed by atoms with Crippen LogP contribution < -0.4 is 15.4 Å². The smallest absolute Gasteiger partial charge is 0.224 e. The Hall–Kier alpha value is -1.37. The molecule has 1 atom stereocenters. The molecule has 1 amide bonds. The Morgan fingerprint density at radius 2 is 1.73 bits per heavy atom. The molecule has 140 valence electrons. The van der Waals surface area contributed by atoms with Crippen molar-refractivity contribution in [2.75, 3.05) is 11.9 Å². The lowest BCUT2D eigenvalue weighted by molar-refractivity contribution is -0.115. The van der Waals surface area contributed by atoms with Crippen molar-refractivity contribution in [2.45, 2.75) is 39.8 Å². The zero-order valence-corrected chi connectivity index (χ0v) is 18.4. The number of carbonyl (C=O) groups is 1. The molecule has 0 bridgehead atoms. The van der Waals surface area contributed by atoms with E-state index in [1.54, 1.807) is 0 Å². The Labute approximate surface area is 172 Å². The van der Waals surface area contributed by atoms with E-state index < -0.39 is 0 Å². The fourth-order valence-electron chi connectivity index (χ4n) is 2.49. The predicted molar refractivity (Wildman–Crippen MR) is 114 cm³/mol. The molecular weight excluding hydrogens is 460 g/mol. The highest BCUT2D eigenvalue weighted by atomic mass is 79.9. The number of ether oxygens (including phenoxy) is 1. The van der Waals surface area contributed by atoms with Crippen LogP contribution in [0.4, 0.5) is 5.69 Å². The largest absolute Gasteiger partial charge is 0.492 e. The van der Waals surface area contributed by atoms with Gasteiger partial charge in [0.15, 0.2) is 0 Å². The molecule has 26 heavy (non-hydrogen) atoms. The van der Waals surface area contributed by atoms with Gasteiger partial charge in [0.2, 0.25) is 5.91 Å². The van der Waals surface area contributed by atoms with E-state index in [9.17, 15) is 4.79 Å². The molecule has 2 rings (SSSR count). The first-order valence-corrected chi connectivity index (χ1v) is 10.3. The molecule has 2 N–H and O–H groups in total. The number of halogens is 2. The van der Waals surface area contributed by atoms with Gasteiger partial charge in [0.05, 0.1) is 15.6 Å². The molecule has 0 fully saturated rings. The van der Waals surface area contributed by atoms with Gasteiger partial charge >= 0.3 is 0 Å². The summed E-state index contributed by atoms with van der Waals surface area (Å²) in [7, 11) is 0. The minimum atomic E-state index is 0.0237. The van der Waals surface area contributed by atoms with Crippen LogP contribution >= 0.6 is 31.9 Å². The van der Waals surface area contributed by atoms with Gasteiger partial charge in [0, 0.05) is 24.7 Å². The summed E-state index contributed by atoms with van der Waals surface area (Å²) < 4.78 is 7.50. The summed E-state index contributed by atoms with van der Waals surface area (Å²) in [6.07, 6.45) is 0.479. The van der Waals surface area contributed by atoms with E-state index in [1.807, 2.05) is 38.1 Å². The molecule has 2 aromatic carbocycles.